The van der Waals surface area contributed by atoms with Crippen LogP contribution in [0.5, 0.6) is 0 Å². The molecule has 0 aromatic heterocycles. The molecule has 0 heterocycles. The summed E-state index contributed by atoms with van der Waals surface area (Å²) in [6.07, 6.45) is 0. The summed E-state index contributed by atoms with van der Waals surface area (Å²) in [4.78, 5) is 10.2. The molecule has 0 amide bonds. The van der Waals surface area contributed by atoms with Gasteiger partial charge in [-0.3, -0.25) is 0 Å². The van der Waals surface area contributed by atoms with Crippen LogP contribution in [0.4, 0.5) is 4.39 Å². The molecule has 1 N–H and O–H groups in total. The first-order valence-corrected chi connectivity index (χ1v) is 2.69. The summed E-state index contributed by atoms with van der Waals surface area (Å²) in [6, 6.07) is 4.67. The molecule has 0 radical (unpaired) electrons. The van der Waals surface area contributed by atoms with Gasteiger partial charge in [0.25, 0.3) is 0 Å². The second kappa shape index (κ2) is 4.49. The zero-order valence-corrected chi connectivity index (χ0v) is 5.04. The van der Waals surface area contributed by atoms with Gasteiger partial charge < -0.3 is 5.11 Å². The Morgan fingerprint density at radius 1 is 1.27 bits per heavy atom. The summed E-state index contributed by atoms with van der Waals surface area (Å²) in [7, 11) is 0. The number of aromatic carboxylic acids is 1. The standard InChI is InChI=1S/C7H5FO2.Na.H/c8-6-3-1-5(2-4-6)7(9)10;;/h1-4H,(H,9,10);;. The van der Waals surface area contributed by atoms with Crippen LogP contribution >= 0.6 is 0 Å². The van der Waals surface area contributed by atoms with Crippen LogP contribution in [0.1, 0.15) is 10.4 Å². The Bertz CT molecular complexity index is 245. The van der Waals surface area contributed by atoms with Crippen molar-refractivity contribution in [2.45, 2.75) is 0 Å². The molecule has 0 aliphatic heterocycles. The van der Waals surface area contributed by atoms with Crippen molar-refractivity contribution in [3.63, 3.8) is 0 Å². The van der Waals surface area contributed by atoms with Crippen molar-refractivity contribution in [3.8, 4) is 0 Å². The first-order chi connectivity index (χ1) is 4.70. The van der Waals surface area contributed by atoms with Gasteiger partial charge in [-0.05, 0) is 24.3 Å². The first kappa shape index (κ1) is 10.6. The Kier molecular flexibility index (Phi) is 4.33. The Morgan fingerprint density at radius 3 is 2.09 bits per heavy atom. The topological polar surface area (TPSA) is 37.3 Å². The van der Waals surface area contributed by atoms with Crippen LogP contribution in [0, 0.1) is 5.82 Å². The average molecular weight is 164 g/mol. The molecule has 11 heavy (non-hydrogen) atoms. The van der Waals surface area contributed by atoms with E-state index in [0.29, 0.717) is 0 Å². The summed E-state index contributed by atoms with van der Waals surface area (Å²) in [5.74, 6) is -1.47. The van der Waals surface area contributed by atoms with E-state index in [1.807, 2.05) is 0 Å². The zero-order valence-electron chi connectivity index (χ0n) is 5.04. The summed E-state index contributed by atoms with van der Waals surface area (Å²) in [6.45, 7) is 0. The normalized spacial score (nSPS) is 8.45. The van der Waals surface area contributed by atoms with Crippen molar-refractivity contribution in [2.24, 2.45) is 0 Å². The Balaban J connectivity index is 0.000001000. The number of carbonyl (C=O) groups is 1. The van der Waals surface area contributed by atoms with Crippen LogP contribution < -0.4 is 0 Å². The third-order valence-electron chi connectivity index (χ3n) is 1.09. The van der Waals surface area contributed by atoms with Crippen molar-refractivity contribution in [3.05, 3.63) is 35.6 Å². The van der Waals surface area contributed by atoms with E-state index in [-0.39, 0.29) is 35.1 Å². The maximum absolute atomic E-state index is 12.2. The number of hydrogen-bond donors (Lipinski definition) is 1. The van der Waals surface area contributed by atoms with Gasteiger partial charge in [0, 0.05) is 0 Å². The van der Waals surface area contributed by atoms with E-state index >= 15 is 0 Å². The fraction of sp³-hybridized carbons (Fsp3) is 0. The maximum atomic E-state index is 12.2. The molecular formula is C7H6FNaO2. The molecule has 0 aliphatic carbocycles. The zero-order chi connectivity index (χ0) is 7.56. The van der Waals surface area contributed by atoms with Crippen molar-refractivity contribution in [2.75, 3.05) is 0 Å². The summed E-state index contributed by atoms with van der Waals surface area (Å²) >= 11 is 0. The summed E-state index contributed by atoms with van der Waals surface area (Å²) in [5, 5.41) is 8.35. The van der Waals surface area contributed by atoms with E-state index in [4.69, 9.17) is 5.11 Å². The van der Waals surface area contributed by atoms with E-state index in [1.54, 1.807) is 0 Å². The molecule has 0 fully saturated rings. The molecule has 0 saturated carbocycles. The predicted octanol–water partition coefficient (Wildman–Crippen LogP) is 0.875. The number of carboxylic acids is 1. The van der Waals surface area contributed by atoms with Crippen LogP contribution in [0.2, 0.25) is 0 Å². The first-order valence-electron chi connectivity index (χ1n) is 2.69. The number of rotatable bonds is 1. The minimum absolute atomic E-state index is 0. The Hall–Kier alpha value is -0.380. The van der Waals surface area contributed by atoms with Crippen molar-refractivity contribution in [1.82, 2.24) is 0 Å². The van der Waals surface area contributed by atoms with E-state index in [0.717, 1.165) is 12.1 Å². The van der Waals surface area contributed by atoms with Crippen LogP contribution in [-0.4, -0.2) is 40.6 Å². The molecule has 1 aromatic rings. The molecule has 2 nitrogen and oxygen atoms in total. The van der Waals surface area contributed by atoms with Gasteiger partial charge in [0.05, 0.1) is 5.56 Å². The number of halogens is 1. The molecule has 4 heteroatoms. The van der Waals surface area contributed by atoms with Crippen molar-refractivity contribution in [1.29, 1.82) is 0 Å². The molecule has 1 aromatic carbocycles. The predicted molar refractivity (Wildman–Crippen MR) is 40.5 cm³/mol. The third-order valence-corrected chi connectivity index (χ3v) is 1.09. The molecule has 0 bridgehead atoms. The SMILES string of the molecule is O=C(O)c1ccc(F)cc1.[NaH]. The number of benzene rings is 1. The third kappa shape index (κ3) is 3.01. The summed E-state index contributed by atoms with van der Waals surface area (Å²) < 4.78 is 12.2. The van der Waals surface area contributed by atoms with E-state index in [9.17, 15) is 9.18 Å². The average Bonchev–Trinajstić information content (AvgIpc) is 1.88. The molecule has 0 saturated heterocycles. The molecular weight excluding hydrogens is 158 g/mol. The van der Waals surface area contributed by atoms with Crippen LogP contribution in [-0.2, 0) is 0 Å². The Labute approximate surface area is 85.3 Å². The fourth-order valence-corrected chi connectivity index (χ4v) is 0.592. The quantitative estimate of drug-likeness (QED) is 0.625. The molecule has 0 spiro atoms. The van der Waals surface area contributed by atoms with Gasteiger partial charge in [-0.2, -0.15) is 0 Å². The van der Waals surface area contributed by atoms with E-state index in [2.05, 4.69) is 0 Å². The second-order valence-electron chi connectivity index (χ2n) is 1.81. The van der Waals surface area contributed by atoms with Crippen molar-refractivity contribution < 1.29 is 14.3 Å². The van der Waals surface area contributed by atoms with Gasteiger partial charge in [-0.25, -0.2) is 9.18 Å². The molecule has 54 valence electrons. The number of hydrogen-bond acceptors (Lipinski definition) is 1. The van der Waals surface area contributed by atoms with Gasteiger partial charge in [0.2, 0.25) is 0 Å². The van der Waals surface area contributed by atoms with Gasteiger partial charge in [0.1, 0.15) is 5.82 Å². The fourth-order valence-electron chi connectivity index (χ4n) is 0.592. The van der Waals surface area contributed by atoms with E-state index in [1.165, 1.54) is 12.1 Å². The van der Waals surface area contributed by atoms with E-state index < -0.39 is 11.8 Å². The van der Waals surface area contributed by atoms with Crippen LogP contribution in [0.3, 0.4) is 0 Å². The second-order valence-corrected chi connectivity index (χ2v) is 1.81. The van der Waals surface area contributed by atoms with Crippen LogP contribution in [0.15, 0.2) is 24.3 Å². The van der Waals surface area contributed by atoms with Gasteiger partial charge in [-0.15, -0.1) is 0 Å². The molecule has 1 rings (SSSR count). The van der Waals surface area contributed by atoms with Crippen molar-refractivity contribution >= 4 is 35.5 Å². The minimum atomic E-state index is -1.04. The Morgan fingerprint density at radius 2 is 1.73 bits per heavy atom. The monoisotopic (exact) mass is 164 g/mol. The molecule has 0 aliphatic rings. The summed E-state index contributed by atoms with van der Waals surface area (Å²) in [5.41, 5.74) is 0.0985. The van der Waals surface area contributed by atoms with Gasteiger partial charge in [-0.1, -0.05) is 0 Å². The van der Waals surface area contributed by atoms with Gasteiger partial charge in [0.15, 0.2) is 0 Å². The van der Waals surface area contributed by atoms with Crippen LogP contribution in [0.25, 0.3) is 0 Å². The number of carboxylic acid groups (broad SMARTS) is 1. The van der Waals surface area contributed by atoms with Gasteiger partial charge >= 0.3 is 35.5 Å². The molecule has 0 atom stereocenters. The molecule has 0 unspecified atom stereocenters.